The summed E-state index contributed by atoms with van der Waals surface area (Å²) < 4.78 is 10.8. The third-order valence-electron chi connectivity index (χ3n) is 6.02. The first-order valence-electron chi connectivity index (χ1n) is 10.5. The molecule has 0 aliphatic carbocycles. The van der Waals surface area contributed by atoms with Crippen LogP contribution in [-0.4, -0.2) is 63.2 Å². The van der Waals surface area contributed by atoms with Gasteiger partial charge >= 0.3 is 0 Å². The van der Waals surface area contributed by atoms with Crippen LogP contribution in [0.5, 0.6) is 11.5 Å². The Labute approximate surface area is 171 Å². The monoisotopic (exact) mass is 404 g/mol. The van der Waals surface area contributed by atoms with Crippen molar-refractivity contribution < 1.29 is 14.3 Å². The van der Waals surface area contributed by atoms with E-state index >= 15 is 0 Å². The third kappa shape index (κ3) is 4.58. The molecule has 1 amide bonds. The number of hydrogen-bond donors (Lipinski definition) is 5. The number of hydrogen-bond acceptors (Lipinski definition) is 8. The van der Waals surface area contributed by atoms with Crippen LogP contribution in [-0.2, 0) is 4.79 Å². The molecule has 160 valence electrons. The van der Waals surface area contributed by atoms with Crippen molar-refractivity contribution in [3.8, 4) is 11.5 Å². The Balaban J connectivity index is 1.57. The Morgan fingerprint density at radius 3 is 2.34 bits per heavy atom. The van der Waals surface area contributed by atoms with Gasteiger partial charge < -0.3 is 14.8 Å². The van der Waals surface area contributed by atoms with Crippen molar-refractivity contribution >= 4 is 11.6 Å². The van der Waals surface area contributed by atoms with E-state index in [-0.39, 0.29) is 30.3 Å². The Morgan fingerprint density at radius 2 is 1.69 bits per heavy atom. The van der Waals surface area contributed by atoms with E-state index in [2.05, 4.69) is 31.7 Å². The molecule has 1 aromatic rings. The second kappa shape index (κ2) is 9.17. The third-order valence-corrected chi connectivity index (χ3v) is 6.02. The molecule has 3 saturated heterocycles. The molecule has 3 heterocycles. The van der Waals surface area contributed by atoms with Crippen molar-refractivity contribution in [1.29, 1.82) is 0 Å². The van der Waals surface area contributed by atoms with Crippen LogP contribution in [0.2, 0.25) is 0 Å². The summed E-state index contributed by atoms with van der Waals surface area (Å²) in [4.78, 5) is 15.1. The van der Waals surface area contributed by atoms with Crippen LogP contribution in [0, 0.1) is 5.92 Å². The van der Waals surface area contributed by atoms with Crippen molar-refractivity contribution in [3.63, 3.8) is 0 Å². The highest BCUT2D eigenvalue weighted by molar-refractivity contribution is 5.81. The van der Waals surface area contributed by atoms with Crippen LogP contribution in [0.1, 0.15) is 25.7 Å². The van der Waals surface area contributed by atoms with Gasteiger partial charge in [-0.2, -0.15) is 0 Å². The summed E-state index contributed by atoms with van der Waals surface area (Å²) in [5.41, 5.74) is 6.64. The zero-order valence-corrected chi connectivity index (χ0v) is 17.2. The summed E-state index contributed by atoms with van der Waals surface area (Å²) in [6.07, 6.45) is 4.77. The lowest BCUT2D eigenvalue weighted by molar-refractivity contribution is -0.132. The van der Waals surface area contributed by atoms with E-state index in [1.165, 1.54) is 25.7 Å². The lowest BCUT2D eigenvalue weighted by Crippen LogP contribution is -2.76. The summed E-state index contributed by atoms with van der Waals surface area (Å²) in [7, 11) is 3.26. The first-order valence-corrected chi connectivity index (χ1v) is 10.5. The highest BCUT2D eigenvalue weighted by atomic mass is 16.5. The largest absolute Gasteiger partial charge is 0.497 e. The van der Waals surface area contributed by atoms with E-state index in [1.54, 1.807) is 14.2 Å². The molecule has 4 unspecified atom stereocenters. The minimum Gasteiger partial charge on any atom is -0.497 e. The van der Waals surface area contributed by atoms with Crippen molar-refractivity contribution in [2.24, 2.45) is 5.92 Å². The SMILES string of the molecule is COc1cc(NC2NC(N3CCCCCC3)NC3CNNC(=O)C32)cc(OC)c1. The first kappa shape index (κ1) is 20.2. The standard InChI is InChI=1S/C20H32N6O3/c1-28-14-9-13(10-15(11-14)29-2)22-18-17-16(12-21-25-19(17)27)23-20(24-18)26-7-5-3-4-6-8-26/h9-11,16-18,20-24H,3-8,12H2,1-2H3,(H,25,27). The van der Waals surface area contributed by atoms with Gasteiger partial charge in [0.1, 0.15) is 17.8 Å². The fourth-order valence-electron chi connectivity index (χ4n) is 4.48. The van der Waals surface area contributed by atoms with Crippen LogP contribution >= 0.6 is 0 Å². The number of nitrogens with one attached hydrogen (secondary N) is 5. The average Bonchev–Trinajstić information content (AvgIpc) is 3.03. The molecule has 9 nitrogen and oxygen atoms in total. The minimum atomic E-state index is -0.253. The summed E-state index contributed by atoms with van der Waals surface area (Å²) in [5.74, 6) is 1.13. The van der Waals surface area contributed by atoms with Gasteiger partial charge in [0.05, 0.1) is 26.3 Å². The van der Waals surface area contributed by atoms with E-state index < -0.39 is 0 Å². The molecular weight excluding hydrogens is 372 g/mol. The summed E-state index contributed by atoms with van der Waals surface area (Å²) >= 11 is 0. The molecule has 0 saturated carbocycles. The van der Waals surface area contributed by atoms with Crippen molar-refractivity contribution in [3.05, 3.63) is 18.2 Å². The second-order valence-electron chi connectivity index (χ2n) is 7.91. The van der Waals surface area contributed by atoms with Gasteiger partial charge in [-0.05, 0) is 12.8 Å². The number of benzene rings is 1. The summed E-state index contributed by atoms with van der Waals surface area (Å²) in [6, 6.07) is 5.70. The van der Waals surface area contributed by atoms with Crippen LogP contribution in [0.4, 0.5) is 5.69 Å². The van der Waals surface area contributed by atoms with Gasteiger partial charge in [-0.15, -0.1) is 0 Å². The highest BCUT2D eigenvalue weighted by Crippen LogP contribution is 2.28. The fourth-order valence-corrected chi connectivity index (χ4v) is 4.48. The summed E-state index contributed by atoms with van der Waals surface area (Å²) in [6.45, 7) is 2.80. The van der Waals surface area contributed by atoms with Gasteiger partial charge in [0, 0.05) is 49.6 Å². The van der Waals surface area contributed by atoms with E-state index in [4.69, 9.17) is 9.47 Å². The van der Waals surface area contributed by atoms with Gasteiger partial charge in [0.25, 0.3) is 0 Å². The number of carbonyl (C=O) groups is 1. The smallest absolute Gasteiger partial charge is 0.242 e. The second-order valence-corrected chi connectivity index (χ2v) is 7.91. The number of methoxy groups -OCH3 is 2. The molecule has 3 aliphatic heterocycles. The predicted molar refractivity (Wildman–Crippen MR) is 110 cm³/mol. The van der Waals surface area contributed by atoms with E-state index in [1.807, 2.05) is 18.2 Å². The number of amides is 1. The van der Waals surface area contributed by atoms with Crippen LogP contribution < -0.4 is 36.3 Å². The van der Waals surface area contributed by atoms with Gasteiger partial charge in [0.15, 0.2) is 0 Å². The number of rotatable bonds is 5. The lowest BCUT2D eigenvalue weighted by atomic mass is 9.91. The van der Waals surface area contributed by atoms with E-state index in [9.17, 15) is 4.79 Å². The van der Waals surface area contributed by atoms with Gasteiger partial charge in [0.2, 0.25) is 5.91 Å². The molecule has 0 bridgehead atoms. The normalized spacial score (nSPS) is 30.6. The molecule has 29 heavy (non-hydrogen) atoms. The summed E-state index contributed by atoms with van der Waals surface area (Å²) in [5, 5.41) is 10.8. The molecule has 0 radical (unpaired) electrons. The topological polar surface area (TPSA) is 98.9 Å². The molecule has 3 fully saturated rings. The first-order chi connectivity index (χ1) is 14.2. The van der Waals surface area contributed by atoms with Gasteiger partial charge in [-0.25, -0.2) is 5.43 Å². The zero-order chi connectivity index (χ0) is 20.2. The van der Waals surface area contributed by atoms with Gasteiger partial charge in [-0.1, -0.05) is 12.8 Å². The molecule has 1 aromatic carbocycles. The highest BCUT2D eigenvalue weighted by Gasteiger charge is 2.44. The number of anilines is 1. The van der Waals surface area contributed by atoms with Gasteiger partial charge in [-0.3, -0.25) is 25.8 Å². The molecular formula is C20H32N6O3. The fraction of sp³-hybridized carbons (Fsp3) is 0.650. The van der Waals surface area contributed by atoms with Crippen molar-refractivity contribution in [2.45, 2.75) is 44.2 Å². The Morgan fingerprint density at radius 1 is 1.00 bits per heavy atom. The van der Waals surface area contributed by atoms with Crippen LogP contribution in [0.15, 0.2) is 18.2 Å². The predicted octanol–water partition coefficient (Wildman–Crippen LogP) is 0.413. The Hall–Kier alpha value is -2.07. The van der Waals surface area contributed by atoms with Crippen molar-refractivity contribution in [1.82, 2.24) is 26.4 Å². The quantitative estimate of drug-likeness (QED) is 0.482. The number of nitrogens with zero attached hydrogens (tertiary/aromatic N) is 1. The number of ether oxygens (including phenoxy) is 2. The molecule has 5 N–H and O–H groups in total. The number of fused-ring (bicyclic) bond motifs is 1. The minimum absolute atomic E-state index is 0.0204. The number of hydrazine groups is 1. The van der Waals surface area contributed by atoms with E-state index in [0.29, 0.717) is 18.0 Å². The molecule has 4 rings (SSSR count). The molecule has 4 atom stereocenters. The molecule has 9 heteroatoms. The van der Waals surface area contributed by atoms with E-state index in [0.717, 1.165) is 18.8 Å². The zero-order valence-electron chi connectivity index (χ0n) is 17.2. The molecule has 0 aromatic heterocycles. The maximum Gasteiger partial charge on any atom is 0.242 e. The molecule has 3 aliphatic rings. The lowest BCUT2D eigenvalue weighted by Gasteiger charge is -2.48. The number of carbonyl (C=O) groups excluding carboxylic acids is 1. The van der Waals surface area contributed by atoms with Crippen LogP contribution in [0.3, 0.4) is 0 Å². The van der Waals surface area contributed by atoms with Crippen molar-refractivity contribution in [2.75, 3.05) is 39.2 Å². The number of likely N-dealkylation sites (tertiary alicyclic amines) is 1. The Kier molecular flexibility index (Phi) is 6.39. The average molecular weight is 405 g/mol. The maximum atomic E-state index is 12.7. The Bertz CT molecular complexity index is 687. The molecule has 0 spiro atoms. The maximum absolute atomic E-state index is 12.7. The van der Waals surface area contributed by atoms with Crippen LogP contribution in [0.25, 0.3) is 0 Å².